The lowest BCUT2D eigenvalue weighted by Crippen LogP contribution is -2.38. The Morgan fingerprint density at radius 3 is 2.00 bits per heavy atom. The van der Waals surface area contributed by atoms with Crippen LogP contribution in [-0.4, -0.2) is 60.7 Å². The summed E-state index contributed by atoms with van der Waals surface area (Å²) in [4.78, 5) is 21.9. The minimum atomic E-state index is -4.05. The van der Waals surface area contributed by atoms with E-state index in [1.807, 2.05) is 0 Å². The second kappa shape index (κ2) is 9.21. The molecule has 1 aliphatic heterocycles. The van der Waals surface area contributed by atoms with Crippen LogP contribution in [0.15, 0.2) is 23.1 Å². The van der Waals surface area contributed by atoms with Crippen molar-refractivity contribution in [2.75, 3.05) is 33.2 Å². The van der Waals surface area contributed by atoms with Gasteiger partial charge in [-0.3, -0.25) is 20.2 Å². The molecule has 2 rings (SSSR count). The zero-order valence-corrected chi connectivity index (χ0v) is 15.9. The maximum Gasteiger partial charge on any atom is 0.277 e. The molecule has 10 nitrogen and oxygen atoms in total. The summed E-state index contributed by atoms with van der Waals surface area (Å²) in [6, 6.07) is 2.44. The number of rotatable bonds is 7. The molecule has 0 atom stereocenters. The quantitative estimate of drug-likeness (QED) is 0.498. The number of piperidine rings is 1. The molecule has 0 aromatic heterocycles. The van der Waals surface area contributed by atoms with Crippen molar-refractivity contribution in [1.82, 2.24) is 9.21 Å². The van der Waals surface area contributed by atoms with E-state index in [9.17, 15) is 28.6 Å². The Hall–Kier alpha value is -1.82. The predicted molar refractivity (Wildman–Crippen MR) is 97.1 cm³/mol. The van der Waals surface area contributed by atoms with Gasteiger partial charge in [-0.25, -0.2) is 8.42 Å². The molecule has 0 N–H and O–H groups in total. The van der Waals surface area contributed by atoms with E-state index in [1.165, 1.54) is 13.5 Å². The standard InChI is InChI=1S/C14H20N4O6S.ClH/c1-15(7-8-16-5-3-2-4-6-16)25(23,24)14-10-12(17(19)20)9-13(11-14)18(21)22;/h9-11H,2-8H2,1H3;1H. The second-order valence-electron chi connectivity index (χ2n) is 5.93. The number of nitro groups is 2. The summed E-state index contributed by atoms with van der Waals surface area (Å²) in [6.07, 6.45) is 3.32. The zero-order chi connectivity index (χ0) is 18.6. The smallest absolute Gasteiger partial charge is 0.277 e. The minimum absolute atomic E-state index is 0. The Morgan fingerprint density at radius 2 is 1.54 bits per heavy atom. The number of sulfonamides is 1. The average molecular weight is 409 g/mol. The van der Waals surface area contributed by atoms with Crippen LogP contribution in [0.5, 0.6) is 0 Å². The summed E-state index contributed by atoms with van der Waals surface area (Å²) in [5.74, 6) is 0. The Balaban J connectivity index is 0.00000338. The fourth-order valence-corrected chi connectivity index (χ4v) is 3.91. The first kappa shape index (κ1) is 22.2. The molecule has 12 heteroatoms. The number of nitro benzene ring substituents is 2. The van der Waals surface area contributed by atoms with Crippen LogP contribution < -0.4 is 0 Å². The van der Waals surface area contributed by atoms with Gasteiger partial charge >= 0.3 is 0 Å². The molecule has 1 aromatic rings. The van der Waals surface area contributed by atoms with Gasteiger partial charge in [0.2, 0.25) is 10.0 Å². The van der Waals surface area contributed by atoms with E-state index in [-0.39, 0.29) is 19.0 Å². The van der Waals surface area contributed by atoms with Crippen LogP contribution >= 0.6 is 12.4 Å². The maximum atomic E-state index is 12.6. The van der Waals surface area contributed by atoms with Crippen LogP contribution in [0.2, 0.25) is 0 Å². The van der Waals surface area contributed by atoms with Crippen LogP contribution in [0.3, 0.4) is 0 Å². The van der Waals surface area contributed by atoms with Gasteiger partial charge in [0.15, 0.2) is 0 Å². The van der Waals surface area contributed by atoms with Gasteiger partial charge in [-0.2, -0.15) is 4.31 Å². The average Bonchev–Trinajstić information content (AvgIpc) is 2.59. The molecule has 1 fully saturated rings. The van der Waals surface area contributed by atoms with Crippen molar-refractivity contribution in [2.24, 2.45) is 0 Å². The lowest BCUT2D eigenvalue weighted by atomic mass is 10.1. The van der Waals surface area contributed by atoms with E-state index in [0.29, 0.717) is 6.54 Å². The van der Waals surface area contributed by atoms with Crippen LogP contribution in [0, 0.1) is 20.2 Å². The number of likely N-dealkylation sites (N-methyl/N-ethyl adjacent to an activating group) is 1. The van der Waals surface area contributed by atoms with Crippen LogP contribution in [0.4, 0.5) is 11.4 Å². The summed E-state index contributed by atoms with van der Waals surface area (Å²) in [7, 11) is -2.69. The van der Waals surface area contributed by atoms with Crippen molar-refractivity contribution < 1.29 is 18.3 Å². The lowest BCUT2D eigenvalue weighted by molar-refractivity contribution is -0.394. The van der Waals surface area contributed by atoms with Crippen LogP contribution in [-0.2, 0) is 10.0 Å². The van der Waals surface area contributed by atoms with Crippen LogP contribution in [0.1, 0.15) is 19.3 Å². The molecule has 0 amide bonds. The number of halogens is 1. The SMILES string of the molecule is CN(CCN1CCCCC1)S(=O)(=O)c1cc([N+](=O)[O-])cc([N+](=O)[O-])c1.Cl. The second-order valence-corrected chi connectivity index (χ2v) is 7.97. The molecule has 0 radical (unpaired) electrons. The van der Waals surface area contributed by atoms with Gasteiger partial charge in [-0.15, -0.1) is 12.4 Å². The molecule has 1 aliphatic rings. The van der Waals surface area contributed by atoms with Gasteiger partial charge in [0.05, 0.1) is 20.8 Å². The normalized spacial score (nSPS) is 15.5. The van der Waals surface area contributed by atoms with E-state index in [0.717, 1.165) is 48.4 Å². The fraction of sp³-hybridized carbons (Fsp3) is 0.571. The Morgan fingerprint density at radius 1 is 1.04 bits per heavy atom. The summed E-state index contributed by atoms with van der Waals surface area (Å²) in [5.41, 5.74) is -1.26. The predicted octanol–water partition coefficient (Wildman–Crippen LogP) is 2.03. The van der Waals surface area contributed by atoms with Gasteiger partial charge in [0.1, 0.15) is 0 Å². The molecule has 1 saturated heterocycles. The molecule has 0 spiro atoms. The van der Waals surface area contributed by atoms with Gasteiger partial charge in [-0.05, 0) is 25.9 Å². The van der Waals surface area contributed by atoms with E-state index >= 15 is 0 Å². The first-order chi connectivity index (χ1) is 11.7. The van der Waals surface area contributed by atoms with Crippen molar-refractivity contribution >= 4 is 33.8 Å². The molecule has 0 saturated carbocycles. The van der Waals surface area contributed by atoms with Crippen molar-refractivity contribution in [3.8, 4) is 0 Å². The molecule has 0 unspecified atom stereocenters. The Kier molecular flexibility index (Phi) is 7.87. The number of likely N-dealkylation sites (tertiary alicyclic amines) is 1. The highest BCUT2D eigenvalue weighted by Gasteiger charge is 2.27. The monoisotopic (exact) mass is 408 g/mol. The number of nitrogens with zero attached hydrogens (tertiary/aromatic N) is 4. The molecular formula is C14H21ClN4O6S. The van der Waals surface area contributed by atoms with Crippen molar-refractivity contribution in [3.63, 3.8) is 0 Å². The van der Waals surface area contributed by atoms with Gasteiger partial charge in [0.25, 0.3) is 11.4 Å². The number of hydrogen-bond donors (Lipinski definition) is 0. The number of hydrogen-bond acceptors (Lipinski definition) is 7. The van der Waals surface area contributed by atoms with Gasteiger partial charge in [0, 0.05) is 32.3 Å². The topological polar surface area (TPSA) is 127 Å². The van der Waals surface area contributed by atoms with E-state index in [1.54, 1.807) is 0 Å². The third-order valence-electron chi connectivity index (χ3n) is 4.19. The van der Waals surface area contributed by atoms with Gasteiger partial charge < -0.3 is 4.90 Å². The third-order valence-corrected chi connectivity index (χ3v) is 6.02. The van der Waals surface area contributed by atoms with E-state index in [4.69, 9.17) is 0 Å². The number of benzene rings is 1. The highest BCUT2D eigenvalue weighted by molar-refractivity contribution is 7.89. The highest BCUT2D eigenvalue weighted by atomic mass is 35.5. The van der Waals surface area contributed by atoms with Crippen molar-refractivity contribution in [1.29, 1.82) is 0 Å². The van der Waals surface area contributed by atoms with Crippen molar-refractivity contribution in [2.45, 2.75) is 24.2 Å². The molecule has 1 aromatic carbocycles. The molecule has 0 aliphatic carbocycles. The molecular weight excluding hydrogens is 388 g/mol. The van der Waals surface area contributed by atoms with E-state index < -0.39 is 36.1 Å². The Bertz CT molecular complexity index is 734. The minimum Gasteiger partial charge on any atom is -0.302 e. The van der Waals surface area contributed by atoms with E-state index in [2.05, 4.69) is 4.90 Å². The summed E-state index contributed by atoms with van der Waals surface area (Å²) in [6.45, 7) is 2.58. The molecule has 26 heavy (non-hydrogen) atoms. The fourth-order valence-electron chi connectivity index (χ4n) is 2.69. The summed E-state index contributed by atoms with van der Waals surface area (Å²) >= 11 is 0. The highest BCUT2D eigenvalue weighted by Crippen LogP contribution is 2.27. The number of non-ortho nitro benzene ring substituents is 2. The maximum absolute atomic E-state index is 12.6. The summed E-state index contributed by atoms with van der Waals surface area (Å²) < 4.78 is 26.3. The molecule has 0 bridgehead atoms. The first-order valence-corrected chi connectivity index (χ1v) is 9.28. The largest absolute Gasteiger partial charge is 0.302 e. The van der Waals surface area contributed by atoms with Crippen LogP contribution in [0.25, 0.3) is 0 Å². The molecule has 146 valence electrons. The van der Waals surface area contributed by atoms with Gasteiger partial charge in [-0.1, -0.05) is 6.42 Å². The summed E-state index contributed by atoms with van der Waals surface area (Å²) in [5, 5.41) is 21.8. The Labute approximate surface area is 157 Å². The lowest BCUT2D eigenvalue weighted by Gasteiger charge is -2.28. The van der Waals surface area contributed by atoms with Crippen molar-refractivity contribution in [3.05, 3.63) is 38.4 Å². The first-order valence-electron chi connectivity index (χ1n) is 7.84. The zero-order valence-electron chi connectivity index (χ0n) is 14.2. The third kappa shape index (κ3) is 5.34. The molecule has 1 heterocycles.